The minimum absolute atomic E-state index is 0.0108. The van der Waals surface area contributed by atoms with Crippen molar-refractivity contribution in [1.29, 1.82) is 0 Å². The van der Waals surface area contributed by atoms with Gasteiger partial charge in [0.15, 0.2) is 15.6 Å². The number of aryl methyl sites for hydroxylation is 2. The van der Waals surface area contributed by atoms with Crippen LogP contribution in [0.25, 0.3) is 11.3 Å². The lowest BCUT2D eigenvalue weighted by molar-refractivity contribution is -0.115. The fourth-order valence-corrected chi connectivity index (χ4v) is 4.46. The summed E-state index contributed by atoms with van der Waals surface area (Å²) in [4.78, 5) is 12.3. The van der Waals surface area contributed by atoms with Crippen molar-refractivity contribution in [3.8, 4) is 17.1 Å². The summed E-state index contributed by atoms with van der Waals surface area (Å²) >= 11 is 5.96. The normalized spacial score (nSPS) is 11.3. The summed E-state index contributed by atoms with van der Waals surface area (Å²) in [6, 6.07) is 11.5. The number of amides is 1. The van der Waals surface area contributed by atoms with Crippen molar-refractivity contribution in [2.45, 2.75) is 25.2 Å². The Labute approximate surface area is 179 Å². The van der Waals surface area contributed by atoms with Crippen LogP contribution in [-0.2, 0) is 14.6 Å². The predicted octanol–water partition coefficient (Wildman–Crippen LogP) is 4.42. The molecule has 1 heterocycles. The number of halogens is 1. The number of aromatic nitrogens is 1. The van der Waals surface area contributed by atoms with E-state index in [1.807, 2.05) is 6.92 Å². The van der Waals surface area contributed by atoms with Crippen LogP contribution in [0.4, 0.5) is 5.69 Å². The van der Waals surface area contributed by atoms with Crippen LogP contribution in [0.3, 0.4) is 0 Å². The van der Waals surface area contributed by atoms with Crippen LogP contribution < -0.4 is 10.1 Å². The Balaban J connectivity index is 1.79. The molecule has 158 valence electrons. The molecule has 0 aliphatic heterocycles. The monoisotopic (exact) mass is 448 g/mol. The Morgan fingerprint density at radius 2 is 1.93 bits per heavy atom. The van der Waals surface area contributed by atoms with Gasteiger partial charge in [-0.2, -0.15) is 0 Å². The number of hydrogen-bond donors (Lipinski definition) is 1. The van der Waals surface area contributed by atoms with Crippen LogP contribution in [0.1, 0.15) is 17.7 Å². The molecule has 0 spiro atoms. The number of hydrogen-bond acceptors (Lipinski definition) is 6. The van der Waals surface area contributed by atoms with E-state index in [4.69, 9.17) is 20.9 Å². The number of carbonyl (C=O) groups is 1. The SMILES string of the molecule is COc1ccc(-c2cc(C)no2)cc1S(=O)(=O)CCC(=O)Nc1cc(Cl)ccc1C. The molecule has 2 aromatic carbocycles. The summed E-state index contributed by atoms with van der Waals surface area (Å²) in [5.41, 5.74) is 2.60. The number of sulfone groups is 1. The Bertz CT molecular complexity index is 1190. The van der Waals surface area contributed by atoms with Gasteiger partial charge in [0, 0.05) is 28.8 Å². The molecule has 1 N–H and O–H groups in total. The van der Waals surface area contributed by atoms with Gasteiger partial charge in [-0.05, 0) is 49.7 Å². The highest BCUT2D eigenvalue weighted by atomic mass is 35.5. The smallest absolute Gasteiger partial charge is 0.225 e. The molecular formula is C21H21ClN2O5S. The fraction of sp³-hybridized carbons (Fsp3) is 0.238. The minimum atomic E-state index is -3.81. The molecule has 0 unspecified atom stereocenters. The van der Waals surface area contributed by atoms with Crippen LogP contribution in [-0.4, -0.2) is 32.3 Å². The van der Waals surface area contributed by atoms with Crippen LogP contribution in [0.2, 0.25) is 5.02 Å². The quantitative estimate of drug-likeness (QED) is 0.574. The number of rotatable bonds is 7. The van der Waals surface area contributed by atoms with Gasteiger partial charge < -0.3 is 14.6 Å². The van der Waals surface area contributed by atoms with Crippen molar-refractivity contribution in [3.63, 3.8) is 0 Å². The Kier molecular flexibility index (Phi) is 6.48. The molecule has 3 aromatic rings. The highest BCUT2D eigenvalue weighted by Gasteiger charge is 2.23. The molecule has 0 radical (unpaired) electrons. The standard InChI is InChI=1S/C21H21ClN2O5S/c1-13-4-6-16(22)12-17(13)23-21(25)8-9-30(26,27)20-11-15(5-7-18(20)28-3)19-10-14(2)24-29-19/h4-7,10-12H,8-9H2,1-3H3,(H,23,25). The lowest BCUT2D eigenvalue weighted by Gasteiger charge is -2.12. The van der Waals surface area contributed by atoms with E-state index in [1.165, 1.54) is 13.2 Å². The third kappa shape index (κ3) is 5.01. The first-order chi connectivity index (χ1) is 14.2. The molecule has 0 atom stereocenters. The lowest BCUT2D eigenvalue weighted by Crippen LogP contribution is -2.18. The second-order valence-electron chi connectivity index (χ2n) is 6.77. The summed E-state index contributed by atoms with van der Waals surface area (Å²) < 4.78 is 36.3. The molecule has 1 aromatic heterocycles. The Morgan fingerprint density at radius 1 is 1.17 bits per heavy atom. The van der Waals surface area contributed by atoms with Gasteiger partial charge in [-0.1, -0.05) is 22.8 Å². The summed E-state index contributed by atoms with van der Waals surface area (Å²) in [6.07, 6.45) is -0.219. The average Bonchev–Trinajstić information content (AvgIpc) is 3.15. The molecule has 7 nitrogen and oxygen atoms in total. The molecule has 0 saturated heterocycles. The van der Waals surface area contributed by atoms with E-state index < -0.39 is 15.7 Å². The number of nitrogens with zero attached hydrogens (tertiary/aromatic N) is 1. The molecule has 0 aliphatic rings. The van der Waals surface area contributed by atoms with Crippen LogP contribution >= 0.6 is 11.6 Å². The minimum Gasteiger partial charge on any atom is -0.495 e. The number of anilines is 1. The van der Waals surface area contributed by atoms with Gasteiger partial charge in [0.2, 0.25) is 5.91 Å². The van der Waals surface area contributed by atoms with Crippen molar-refractivity contribution in [2.75, 3.05) is 18.2 Å². The van der Waals surface area contributed by atoms with Crippen molar-refractivity contribution in [3.05, 3.63) is 58.7 Å². The van der Waals surface area contributed by atoms with Crippen molar-refractivity contribution in [1.82, 2.24) is 5.16 Å². The Hall–Kier alpha value is -2.84. The molecular weight excluding hydrogens is 428 g/mol. The number of ether oxygens (including phenoxy) is 1. The van der Waals surface area contributed by atoms with E-state index >= 15 is 0 Å². The third-order valence-electron chi connectivity index (χ3n) is 4.48. The van der Waals surface area contributed by atoms with Crippen molar-refractivity contribution in [2.24, 2.45) is 0 Å². The molecule has 0 bridgehead atoms. The number of benzene rings is 2. The number of carbonyl (C=O) groups excluding carboxylic acids is 1. The summed E-state index contributed by atoms with van der Waals surface area (Å²) in [5.74, 6) is -0.167. The molecule has 1 amide bonds. The van der Waals surface area contributed by atoms with Gasteiger partial charge in [-0.15, -0.1) is 0 Å². The maximum atomic E-state index is 13.0. The average molecular weight is 449 g/mol. The summed E-state index contributed by atoms with van der Waals surface area (Å²) in [5, 5.41) is 7.00. The van der Waals surface area contributed by atoms with Crippen LogP contribution in [0.5, 0.6) is 5.75 Å². The van der Waals surface area contributed by atoms with Crippen LogP contribution in [0.15, 0.2) is 51.9 Å². The fourth-order valence-electron chi connectivity index (χ4n) is 2.85. The molecule has 0 saturated carbocycles. The zero-order valence-electron chi connectivity index (χ0n) is 16.7. The van der Waals surface area contributed by atoms with E-state index in [2.05, 4.69) is 10.5 Å². The topological polar surface area (TPSA) is 98.5 Å². The largest absolute Gasteiger partial charge is 0.495 e. The second kappa shape index (κ2) is 8.89. The van der Waals surface area contributed by atoms with Gasteiger partial charge >= 0.3 is 0 Å². The third-order valence-corrected chi connectivity index (χ3v) is 6.45. The molecule has 0 aliphatic carbocycles. The maximum absolute atomic E-state index is 13.0. The van der Waals surface area contributed by atoms with Gasteiger partial charge in [-0.3, -0.25) is 4.79 Å². The van der Waals surface area contributed by atoms with E-state index in [0.717, 1.165) is 5.56 Å². The van der Waals surface area contributed by atoms with Crippen molar-refractivity contribution >= 4 is 33.0 Å². The van der Waals surface area contributed by atoms with Gasteiger partial charge in [0.25, 0.3) is 0 Å². The zero-order chi connectivity index (χ0) is 21.9. The highest BCUT2D eigenvalue weighted by Crippen LogP contribution is 2.31. The Morgan fingerprint density at radius 3 is 2.60 bits per heavy atom. The lowest BCUT2D eigenvalue weighted by atomic mass is 10.1. The first-order valence-corrected chi connectivity index (χ1v) is 11.1. The van der Waals surface area contributed by atoms with E-state index in [9.17, 15) is 13.2 Å². The van der Waals surface area contributed by atoms with E-state index in [0.29, 0.717) is 27.7 Å². The van der Waals surface area contributed by atoms with Crippen molar-refractivity contribution < 1.29 is 22.5 Å². The highest BCUT2D eigenvalue weighted by molar-refractivity contribution is 7.91. The zero-order valence-corrected chi connectivity index (χ0v) is 18.3. The first kappa shape index (κ1) is 21.9. The van der Waals surface area contributed by atoms with Gasteiger partial charge in [-0.25, -0.2) is 8.42 Å². The van der Waals surface area contributed by atoms with Crippen LogP contribution in [0, 0.1) is 13.8 Å². The number of methoxy groups -OCH3 is 1. The molecule has 30 heavy (non-hydrogen) atoms. The molecule has 0 fully saturated rings. The maximum Gasteiger partial charge on any atom is 0.225 e. The van der Waals surface area contributed by atoms with E-state index in [1.54, 1.807) is 43.3 Å². The second-order valence-corrected chi connectivity index (χ2v) is 9.29. The predicted molar refractivity (Wildman–Crippen MR) is 115 cm³/mol. The first-order valence-electron chi connectivity index (χ1n) is 9.10. The van der Waals surface area contributed by atoms with Gasteiger partial charge in [0.05, 0.1) is 18.6 Å². The molecule has 9 heteroatoms. The van der Waals surface area contributed by atoms with Gasteiger partial charge in [0.1, 0.15) is 10.6 Å². The summed E-state index contributed by atoms with van der Waals surface area (Å²) in [7, 11) is -2.42. The van der Waals surface area contributed by atoms with E-state index in [-0.39, 0.29) is 22.8 Å². The summed E-state index contributed by atoms with van der Waals surface area (Å²) in [6.45, 7) is 3.60. The number of nitrogens with one attached hydrogen (secondary N) is 1. The molecule has 3 rings (SSSR count).